The maximum atomic E-state index is 12.9. The van der Waals surface area contributed by atoms with E-state index < -0.39 is 11.8 Å². The van der Waals surface area contributed by atoms with Gasteiger partial charge in [-0.05, 0) is 30.5 Å². The molecule has 3 rings (SSSR count). The minimum Gasteiger partial charge on any atom is -0.497 e. The number of carbonyl (C=O) groups excluding carboxylic acids is 3. The first-order valence-electron chi connectivity index (χ1n) is 8.68. The Kier molecular flexibility index (Phi) is 5.02. The first kappa shape index (κ1) is 17.4. The maximum Gasteiger partial charge on any atom is 0.233 e. The zero-order valence-corrected chi connectivity index (χ0v) is 14.6. The van der Waals surface area contributed by atoms with Gasteiger partial charge >= 0.3 is 0 Å². The van der Waals surface area contributed by atoms with Crippen LogP contribution < -0.4 is 4.74 Å². The van der Waals surface area contributed by atoms with Gasteiger partial charge in [-0.3, -0.25) is 19.3 Å². The van der Waals surface area contributed by atoms with Crippen molar-refractivity contribution in [1.82, 2.24) is 4.90 Å². The largest absolute Gasteiger partial charge is 0.497 e. The summed E-state index contributed by atoms with van der Waals surface area (Å²) in [6.07, 6.45) is 5.31. The van der Waals surface area contributed by atoms with Crippen LogP contribution in [0, 0.1) is 17.8 Å². The van der Waals surface area contributed by atoms with Crippen LogP contribution in [0.25, 0.3) is 0 Å². The van der Waals surface area contributed by atoms with E-state index in [9.17, 15) is 14.4 Å². The number of ketones is 1. The molecule has 1 aliphatic carbocycles. The van der Waals surface area contributed by atoms with Gasteiger partial charge in [0.15, 0.2) is 0 Å². The summed E-state index contributed by atoms with van der Waals surface area (Å²) in [5.41, 5.74) is 0.863. The van der Waals surface area contributed by atoms with E-state index >= 15 is 0 Å². The second-order valence-corrected chi connectivity index (χ2v) is 6.80. The molecule has 1 aliphatic heterocycles. The molecule has 0 radical (unpaired) electrons. The molecule has 25 heavy (non-hydrogen) atoms. The zero-order valence-electron chi connectivity index (χ0n) is 14.6. The first-order chi connectivity index (χ1) is 12.0. The number of Topliss-reactive ketones (excluding diaryl/α,β-unsaturated/α-hetero) is 1. The van der Waals surface area contributed by atoms with E-state index in [4.69, 9.17) is 4.74 Å². The van der Waals surface area contributed by atoms with Gasteiger partial charge in [0.05, 0.1) is 19.6 Å². The third-order valence-electron chi connectivity index (χ3n) is 5.13. The summed E-state index contributed by atoms with van der Waals surface area (Å²) in [4.78, 5) is 39.0. The number of carbonyl (C=O) groups is 3. The lowest BCUT2D eigenvalue weighted by Crippen LogP contribution is -2.48. The number of rotatable bonds is 4. The van der Waals surface area contributed by atoms with Crippen molar-refractivity contribution in [3.63, 3.8) is 0 Å². The number of nitrogens with zero attached hydrogens (tertiary/aromatic N) is 1. The Labute approximate surface area is 147 Å². The molecule has 0 saturated carbocycles. The molecule has 5 heteroatoms. The van der Waals surface area contributed by atoms with E-state index in [1.54, 1.807) is 19.2 Å². The number of methoxy groups -OCH3 is 1. The van der Waals surface area contributed by atoms with Gasteiger partial charge in [-0.15, -0.1) is 0 Å². The first-order valence-corrected chi connectivity index (χ1v) is 8.68. The van der Waals surface area contributed by atoms with E-state index in [0.29, 0.717) is 12.8 Å². The van der Waals surface area contributed by atoms with E-state index in [0.717, 1.165) is 17.7 Å². The summed E-state index contributed by atoms with van der Waals surface area (Å²) in [7, 11) is 1.59. The van der Waals surface area contributed by atoms with Crippen LogP contribution in [-0.2, 0) is 20.9 Å². The molecule has 3 atom stereocenters. The lowest BCUT2D eigenvalue weighted by Gasteiger charge is -2.35. The van der Waals surface area contributed by atoms with Gasteiger partial charge in [-0.1, -0.05) is 31.2 Å². The van der Waals surface area contributed by atoms with Gasteiger partial charge in [0.2, 0.25) is 11.8 Å². The second-order valence-electron chi connectivity index (χ2n) is 6.80. The molecule has 0 spiro atoms. The quantitative estimate of drug-likeness (QED) is 0.624. The summed E-state index contributed by atoms with van der Waals surface area (Å²) in [6.45, 7) is 2.13. The Morgan fingerprint density at radius 3 is 2.56 bits per heavy atom. The average Bonchev–Trinajstić information content (AvgIpc) is 2.62. The molecule has 1 aromatic carbocycles. The summed E-state index contributed by atoms with van der Waals surface area (Å²) in [6, 6.07) is 7.30. The molecule has 0 aromatic heterocycles. The standard InChI is InChI=1S/C20H23NO4/c1-13-4-3-5-16(19(13)23)17-10-11-18(22)21(20(17)24)12-14-6-8-15(25-2)9-7-14/h3,5-9,13,16-17H,4,10-12H2,1-2H3. The van der Waals surface area contributed by atoms with Crippen LogP contribution in [0.2, 0.25) is 0 Å². The molecule has 5 nitrogen and oxygen atoms in total. The third-order valence-corrected chi connectivity index (χ3v) is 5.13. The lowest BCUT2D eigenvalue weighted by atomic mass is 9.75. The minimum absolute atomic E-state index is 0.0598. The van der Waals surface area contributed by atoms with Crippen LogP contribution in [0.15, 0.2) is 36.4 Å². The Morgan fingerprint density at radius 2 is 1.88 bits per heavy atom. The fourth-order valence-electron chi connectivity index (χ4n) is 3.57. The average molecular weight is 341 g/mol. The molecule has 132 valence electrons. The zero-order chi connectivity index (χ0) is 18.0. The third kappa shape index (κ3) is 3.50. The number of amides is 2. The fraction of sp³-hybridized carbons (Fsp3) is 0.450. The Balaban J connectivity index is 1.78. The predicted octanol–water partition coefficient (Wildman–Crippen LogP) is 2.74. The van der Waals surface area contributed by atoms with Crippen LogP contribution >= 0.6 is 0 Å². The van der Waals surface area contributed by atoms with Crippen LogP contribution in [0.4, 0.5) is 0 Å². The van der Waals surface area contributed by atoms with Crippen molar-refractivity contribution in [2.24, 2.45) is 17.8 Å². The van der Waals surface area contributed by atoms with Crippen molar-refractivity contribution in [2.45, 2.75) is 32.7 Å². The summed E-state index contributed by atoms with van der Waals surface area (Å²) in [5.74, 6) is -0.452. The number of piperidine rings is 1. The van der Waals surface area contributed by atoms with Gasteiger partial charge in [0.25, 0.3) is 0 Å². The molecule has 2 aliphatic rings. The molecule has 3 unspecified atom stereocenters. The Bertz CT molecular complexity index is 707. The van der Waals surface area contributed by atoms with E-state index in [1.807, 2.05) is 31.2 Å². The molecule has 1 heterocycles. The number of hydrogen-bond acceptors (Lipinski definition) is 4. The topological polar surface area (TPSA) is 63.7 Å². The molecule has 1 saturated heterocycles. The highest BCUT2D eigenvalue weighted by molar-refractivity contribution is 6.01. The minimum atomic E-state index is -0.428. The molecular weight excluding hydrogens is 318 g/mol. The lowest BCUT2D eigenvalue weighted by molar-refractivity contribution is -0.155. The van der Waals surface area contributed by atoms with E-state index in [2.05, 4.69) is 0 Å². The molecular formula is C20H23NO4. The second kappa shape index (κ2) is 7.21. The number of hydrogen-bond donors (Lipinski definition) is 0. The van der Waals surface area contributed by atoms with Crippen LogP contribution in [0.1, 0.15) is 31.7 Å². The van der Waals surface area contributed by atoms with Crippen molar-refractivity contribution in [3.8, 4) is 5.75 Å². The maximum absolute atomic E-state index is 12.9. The summed E-state index contributed by atoms with van der Waals surface area (Å²) >= 11 is 0. The highest BCUT2D eigenvalue weighted by Gasteiger charge is 2.42. The van der Waals surface area contributed by atoms with Gasteiger partial charge < -0.3 is 4.74 Å². The van der Waals surface area contributed by atoms with Gasteiger partial charge in [0.1, 0.15) is 11.5 Å². The smallest absolute Gasteiger partial charge is 0.233 e. The van der Waals surface area contributed by atoms with Crippen LogP contribution in [0.5, 0.6) is 5.75 Å². The Morgan fingerprint density at radius 1 is 1.16 bits per heavy atom. The van der Waals surface area contributed by atoms with Crippen molar-refractivity contribution in [3.05, 3.63) is 42.0 Å². The van der Waals surface area contributed by atoms with E-state index in [1.165, 1.54) is 4.90 Å². The molecule has 0 N–H and O–H groups in total. The van der Waals surface area contributed by atoms with Crippen molar-refractivity contribution in [1.29, 1.82) is 0 Å². The monoisotopic (exact) mass is 341 g/mol. The highest BCUT2D eigenvalue weighted by atomic mass is 16.5. The normalized spacial score (nSPS) is 26.9. The van der Waals surface area contributed by atoms with Crippen molar-refractivity contribution < 1.29 is 19.1 Å². The number of likely N-dealkylation sites (tertiary alicyclic amines) is 1. The number of ether oxygens (including phenoxy) is 1. The van der Waals surface area contributed by atoms with Gasteiger partial charge in [-0.25, -0.2) is 0 Å². The highest BCUT2D eigenvalue weighted by Crippen LogP contribution is 2.33. The molecule has 2 amide bonds. The van der Waals surface area contributed by atoms with Crippen molar-refractivity contribution in [2.75, 3.05) is 7.11 Å². The Hall–Kier alpha value is -2.43. The predicted molar refractivity (Wildman–Crippen MR) is 92.7 cm³/mol. The van der Waals surface area contributed by atoms with Crippen molar-refractivity contribution >= 4 is 17.6 Å². The van der Waals surface area contributed by atoms with Gasteiger partial charge in [-0.2, -0.15) is 0 Å². The number of imide groups is 1. The fourth-order valence-corrected chi connectivity index (χ4v) is 3.57. The summed E-state index contributed by atoms with van der Waals surface area (Å²) < 4.78 is 5.13. The van der Waals surface area contributed by atoms with Gasteiger partial charge in [0, 0.05) is 18.3 Å². The molecule has 0 bridgehead atoms. The van der Waals surface area contributed by atoms with Crippen LogP contribution in [-0.4, -0.2) is 29.6 Å². The molecule has 1 fully saturated rings. The SMILES string of the molecule is COc1ccc(CN2C(=O)CCC(C3C=CCC(C)C3=O)C2=O)cc1. The molecule has 1 aromatic rings. The summed E-state index contributed by atoms with van der Waals surface area (Å²) in [5, 5.41) is 0. The number of benzene rings is 1. The van der Waals surface area contributed by atoms with Crippen LogP contribution in [0.3, 0.4) is 0 Å². The van der Waals surface area contributed by atoms with E-state index in [-0.39, 0.29) is 30.1 Å². The number of allylic oxidation sites excluding steroid dienone is 2.